The zero-order chi connectivity index (χ0) is 11.5. The lowest BCUT2D eigenvalue weighted by atomic mass is 9.89. The van der Waals surface area contributed by atoms with Gasteiger partial charge in [-0.3, -0.25) is 4.90 Å². The molecule has 0 saturated heterocycles. The highest BCUT2D eigenvalue weighted by molar-refractivity contribution is 4.96. The van der Waals surface area contributed by atoms with Crippen LogP contribution in [0.4, 0.5) is 0 Å². The molecule has 1 atom stereocenters. The fraction of sp³-hybridized carbons (Fsp3) is 0.846. The van der Waals surface area contributed by atoms with Gasteiger partial charge in [0, 0.05) is 12.6 Å². The third-order valence-corrected chi connectivity index (χ3v) is 3.30. The lowest BCUT2D eigenvalue weighted by Crippen LogP contribution is -2.37. The molecule has 0 heterocycles. The highest BCUT2D eigenvalue weighted by atomic mass is 16.3. The molecule has 1 saturated carbocycles. The van der Waals surface area contributed by atoms with Crippen LogP contribution in [-0.2, 0) is 0 Å². The third kappa shape index (κ3) is 3.96. The molecule has 1 fully saturated rings. The number of rotatable bonds is 4. The van der Waals surface area contributed by atoms with Crippen LogP contribution in [0.15, 0.2) is 12.2 Å². The highest BCUT2D eigenvalue weighted by Crippen LogP contribution is 2.23. The van der Waals surface area contributed by atoms with Crippen molar-refractivity contribution in [2.45, 2.75) is 52.2 Å². The van der Waals surface area contributed by atoms with Gasteiger partial charge in [0.2, 0.25) is 0 Å². The predicted molar refractivity (Wildman–Crippen MR) is 64.9 cm³/mol. The van der Waals surface area contributed by atoms with Gasteiger partial charge in [0.25, 0.3) is 0 Å². The summed E-state index contributed by atoms with van der Waals surface area (Å²) in [5, 5.41) is 9.80. The topological polar surface area (TPSA) is 23.5 Å². The summed E-state index contributed by atoms with van der Waals surface area (Å²) in [5.74, 6) is 0. The number of likely N-dealkylation sites (N-methyl/N-ethyl adjacent to an activating group) is 1. The van der Waals surface area contributed by atoms with E-state index in [4.69, 9.17) is 0 Å². The molecule has 2 heteroatoms. The van der Waals surface area contributed by atoms with Gasteiger partial charge in [-0.15, -0.1) is 0 Å². The van der Waals surface area contributed by atoms with Crippen LogP contribution in [0, 0.1) is 5.41 Å². The Kier molecular flexibility index (Phi) is 4.35. The molecule has 0 aromatic carbocycles. The fourth-order valence-corrected chi connectivity index (χ4v) is 1.62. The lowest BCUT2D eigenvalue weighted by molar-refractivity contribution is 0.104. The molecule has 0 radical (unpaired) electrons. The van der Waals surface area contributed by atoms with E-state index in [1.807, 2.05) is 6.08 Å². The second-order valence-electron chi connectivity index (χ2n) is 5.76. The lowest BCUT2D eigenvalue weighted by Gasteiger charge is -2.34. The number of hydrogen-bond acceptors (Lipinski definition) is 2. The van der Waals surface area contributed by atoms with Crippen molar-refractivity contribution in [3.8, 4) is 0 Å². The molecule has 1 aliphatic rings. The molecular weight excluding hydrogens is 186 g/mol. The normalized spacial score (nSPS) is 20.9. The molecule has 0 spiro atoms. The van der Waals surface area contributed by atoms with Gasteiger partial charge in [-0.1, -0.05) is 39.3 Å². The average Bonchev–Trinajstić information content (AvgIpc) is 1.98. The second kappa shape index (κ2) is 5.13. The van der Waals surface area contributed by atoms with Crippen molar-refractivity contribution in [1.82, 2.24) is 4.90 Å². The summed E-state index contributed by atoms with van der Waals surface area (Å²) in [4.78, 5) is 2.37. The summed E-state index contributed by atoms with van der Waals surface area (Å²) in [6.45, 7) is 7.12. The maximum absolute atomic E-state index is 9.80. The van der Waals surface area contributed by atoms with Crippen LogP contribution in [0.3, 0.4) is 0 Å². The molecule has 15 heavy (non-hydrogen) atoms. The smallest absolute Gasteiger partial charge is 0.0769 e. The molecular formula is C13H25NO. The minimum Gasteiger partial charge on any atom is -0.388 e. The van der Waals surface area contributed by atoms with Gasteiger partial charge in [0.15, 0.2) is 0 Å². The van der Waals surface area contributed by atoms with Gasteiger partial charge in [0.05, 0.1) is 6.10 Å². The SMILES string of the molecule is CN(C/C=C/C(O)C(C)(C)C)C1CCC1. The summed E-state index contributed by atoms with van der Waals surface area (Å²) in [6.07, 6.45) is 7.73. The van der Waals surface area contributed by atoms with Crippen LogP contribution >= 0.6 is 0 Å². The first-order chi connectivity index (χ1) is 6.91. The van der Waals surface area contributed by atoms with E-state index in [-0.39, 0.29) is 11.5 Å². The van der Waals surface area contributed by atoms with Crippen LogP contribution in [0.1, 0.15) is 40.0 Å². The molecule has 1 N–H and O–H groups in total. The van der Waals surface area contributed by atoms with E-state index >= 15 is 0 Å². The van der Waals surface area contributed by atoms with E-state index < -0.39 is 0 Å². The molecule has 2 nitrogen and oxygen atoms in total. The monoisotopic (exact) mass is 211 g/mol. The van der Waals surface area contributed by atoms with Crippen LogP contribution in [-0.4, -0.2) is 35.7 Å². The van der Waals surface area contributed by atoms with Gasteiger partial charge in [-0.2, -0.15) is 0 Å². The summed E-state index contributed by atoms with van der Waals surface area (Å²) in [7, 11) is 2.16. The summed E-state index contributed by atoms with van der Waals surface area (Å²) < 4.78 is 0. The fourth-order valence-electron chi connectivity index (χ4n) is 1.62. The molecule has 0 aliphatic heterocycles. The van der Waals surface area contributed by atoms with Crippen molar-refractivity contribution >= 4 is 0 Å². The van der Waals surface area contributed by atoms with E-state index in [0.29, 0.717) is 0 Å². The molecule has 1 aliphatic carbocycles. The largest absolute Gasteiger partial charge is 0.388 e. The number of hydrogen-bond donors (Lipinski definition) is 1. The van der Waals surface area contributed by atoms with E-state index in [2.05, 4.69) is 38.8 Å². The van der Waals surface area contributed by atoms with Crippen LogP contribution in [0.25, 0.3) is 0 Å². The Morgan fingerprint density at radius 3 is 2.40 bits per heavy atom. The zero-order valence-electron chi connectivity index (χ0n) is 10.5. The molecule has 0 aromatic rings. The van der Waals surface area contributed by atoms with Gasteiger partial charge < -0.3 is 5.11 Å². The molecule has 1 rings (SSSR count). The Morgan fingerprint density at radius 1 is 1.40 bits per heavy atom. The van der Waals surface area contributed by atoms with Crippen molar-refractivity contribution in [1.29, 1.82) is 0 Å². The number of aliphatic hydroxyl groups excluding tert-OH is 1. The Balaban J connectivity index is 2.26. The molecule has 0 bridgehead atoms. The molecule has 88 valence electrons. The number of nitrogens with zero attached hydrogens (tertiary/aromatic N) is 1. The number of aliphatic hydroxyl groups is 1. The first kappa shape index (κ1) is 12.7. The Bertz CT molecular complexity index is 213. The van der Waals surface area contributed by atoms with E-state index in [1.54, 1.807) is 0 Å². The maximum Gasteiger partial charge on any atom is 0.0769 e. The minimum atomic E-state index is -0.340. The molecule has 0 amide bonds. The van der Waals surface area contributed by atoms with Crippen molar-refractivity contribution in [2.24, 2.45) is 5.41 Å². The van der Waals surface area contributed by atoms with E-state index in [0.717, 1.165) is 12.6 Å². The summed E-state index contributed by atoms with van der Waals surface area (Å²) in [6, 6.07) is 0.779. The van der Waals surface area contributed by atoms with Crippen molar-refractivity contribution in [2.75, 3.05) is 13.6 Å². The average molecular weight is 211 g/mol. The quantitative estimate of drug-likeness (QED) is 0.722. The van der Waals surface area contributed by atoms with Crippen molar-refractivity contribution in [3.63, 3.8) is 0 Å². The Labute approximate surface area is 94.0 Å². The standard InChI is InChI=1S/C13H25NO/c1-13(2,3)12(15)9-6-10-14(4)11-7-5-8-11/h6,9,11-12,15H,5,7-8,10H2,1-4H3/b9-6+. The minimum absolute atomic E-state index is 0.0501. The molecule has 1 unspecified atom stereocenters. The van der Waals surface area contributed by atoms with Gasteiger partial charge in [-0.25, -0.2) is 0 Å². The van der Waals surface area contributed by atoms with Gasteiger partial charge in [0.1, 0.15) is 0 Å². The van der Waals surface area contributed by atoms with E-state index in [1.165, 1.54) is 19.3 Å². The van der Waals surface area contributed by atoms with Crippen LogP contribution in [0.5, 0.6) is 0 Å². The first-order valence-corrected chi connectivity index (χ1v) is 5.96. The third-order valence-electron chi connectivity index (χ3n) is 3.30. The second-order valence-corrected chi connectivity index (χ2v) is 5.76. The van der Waals surface area contributed by atoms with Gasteiger partial charge >= 0.3 is 0 Å². The van der Waals surface area contributed by atoms with Crippen molar-refractivity contribution in [3.05, 3.63) is 12.2 Å². The Morgan fingerprint density at radius 2 is 2.00 bits per heavy atom. The van der Waals surface area contributed by atoms with E-state index in [9.17, 15) is 5.11 Å². The summed E-state index contributed by atoms with van der Waals surface area (Å²) >= 11 is 0. The molecule has 0 aromatic heterocycles. The Hall–Kier alpha value is -0.340. The van der Waals surface area contributed by atoms with Crippen LogP contribution in [0.2, 0.25) is 0 Å². The van der Waals surface area contributed by atoms with Crippen molar-refractivity contribution < 1.29 is 5.11 Å². The maximum atomic E-state index is 9.80. The summed E-state index contributed by atoms with van der Waals surface area (Å²) in [5.41, 5.74) is -0.0501. The predicted octanol–water partition coefficient (Wildman–Crippen LogP) is 2.43. The van der Waals surface area contributed by atoms with Crippen LogP contribution < -0.4 is 0 Å². The highest BCUT2D eigenvalue weighted by Gasteiger charge is 2.21. The first-order valence-electron chi connectivity index (χ1n) is 5.96. The zero-order valence-corrected chi connectivity index (χ0v) is 10.5. The van der Waals surface area contributed by atoms with Gasteiger partial charge in [-0.05, 0) is 25.3 Å².